The molecule has 4 nitrogen and oxygen atoms in total. The van der Waals surface area contributed by atoms with Crippen molar-refractivity contribution in [3.63, 3.8) is 0 Å². The van der Waals surface area contributed by atoms with E-state index in [4.69, 9.17) is 4.42 Å². The Morgan fingerprint density at radius 1 is 0.950 bits per heavy atom. The fourth-order valence-electron chi connectivity index (χ4n) is 2.45. The molecule has 3 N–H and O–H groups in total. The van der Waals surface area contributed by atoms with Gasteiger partial charge in [-0.3, -0.25) is 0 Å². The van der Waals surface area contributed by atoms with Crippen molar-refractivity contribution >= 4 is 0 Å². The zero-order valence-electron chi connectivity index (χ0n) is 11.2. The summed E-state index contributed by atoms with van der Waals surface area (Å²) in [5, 5.41) is 29.1. The fourth-order valence-corrected chi connectivity index (χ4v) is 2.45. The number of furan rings is 1. The van der Waals surface area contributed by atoms with Crippen molar-refractivity contribution in [1.82, 2.24) is 0 Å². The summed E-state index contributed by atoms with van der Waals surface area (Å²) in [7, 11) is 0. The molecule has 0 fully saturated rings. The van der Waals surface area contributed by atoms with E-state index in [1.807, 2.05) is 30.3 Å². The Balaban J connectivity index is 2.18. The third-order valence-corrected chi connectivity index (χ3v) is 3.61. The molecular formula is C16H20O4. The second-order valence-corrected chi connectivity index (χ2v) is 4.91. The minimum atomic E-state index is -0.754. The highest BCUT2D eigenvalue weighted by atomic mass is 16.4. The molecule has 1 aromatic heterocycles. The van der Waals surface area contributed by atoms with Crippen molar-refractivity contribution < 1.29 is 19.7 Å². The van der Waals surface area contributed by atoms with Crippen LogP contribution in [0.15, 0.2) is 53.1 Å². The van der Waals surface area contributed by atoms with Crippen LogP contribution in [0, 0.1) is 5.92 Å². The average Bonchev–Trinajstić information content (AvgIpc) is 3.02. The van der Waals surface area contributed by atoms with E-state index < -0.39 is 6.10 Å². The van der Waals surface area contributed by atoms with Gasteiger partial charge in [-0.05, 0) is 30.0 Å². The summed E-state index contributed by atoms with van der Waals surface area (Å²) in [5.41, 5.74) is 0.992. The summed E-state index contributed by atoms with van der Waals surface area (Å²) in [4.78, 5) is 0. The largest absolute Gasteiger partial charge is 0.467 e. The average molecular weight is 276 g/mol. The first-order valence-electron chi connectivity index (χ1n) is 6.74. The molecule has 20 heavy (non-hydrogen) atoms. The standard InChI is InChI=1S/C16H20O4/c17-10-13(11-18)14(12-5-2-1-3-6-12)9-15(19)16-7-4-8-20-16/h1-8,13-15,17-19H,9-11H2. The van der Waals surface area contributed by atoms with Crippen LogP contribution in [-0.4, -0.2) is 28.5 Å². The van der Waals surface area contributed by atoms with Crippen molar-refractivity contribution in [3.05, 3.63) is 60.1 Å². The van der Waals surface area contributed by atoms with E-state index in [-0.39, 0.29) is 25.0 Å². The van der Waals surface area contributed by atoms with Crippen LogP contribution < -0.4 is 0 Å². The maximum absolute atomic E-state index is 10.2. The van der Waals surface area contributed by atoms with E-state index >= 15 is 0 Å². The predicted molar refractivity (Wildman–Crippen MR) is 75.1 cm³/mol. The van der Waals surface area contributed by atoms with E-state index in [9.17, 15) is 15.3 Å². The van der Waals surface area contributed by atoms with Crippen LogP contribution in [0.25, 0.3) is 0 Å². The molecule has 2 rings (SSSR count). The van der Waals surface area contributed by atoms with Crippen LogP contribution >= 0.6 is 0 Å². The third-order valence-electron chi connectivity index (χ3n) is 3.61. The van der Waals surface area contributed by atoms with Gasteiger partial charge in [-0.2, -0.15) is 0 Å². The minimum Gasteiger partial charge on any atom is -0.467 e. The molecule has 1 aromatic carbocycles. The second-order valence-electron chi connectivity index (χ2n) is 4.91. The predicted octanol–water partition coefficient (Wildman–Crippen LogP) is 2.09. The van der Waals surface area contributed by atoms with Gasteiger partial charge in [0.05, 0.1) is 6.26 Å². The van der Waals surface area contributed by atoms with Crippen LogP contribution in [0.3, 0.4) is 0 Å². The first kappa shape index (κ1) is 14.8. The zero-order chi connectivity index (χ0) is 14.4. The lowest BCUT2D eigenvalue weighted by molar-refractivity contribution is 0.0851. The number of aliphatic hydroxyl groups is 3. The topological polar surface area (TPSA) is 73.8 Å². The lowest BCUT2D eigenvalue weighted by atomic mass is 9.82. The van der Waals surface area contributed by atoms with E-state index in [0.717, 1.165) is 5.56 Å². The summed E-state index contributed by atoms with van der Waals surface area (Å²) in [6.07, 6.45) is 1.16. The highest BCUT2D eigenvalue weighted by molar-refractivity contribution is 5.21. The molecule has 0 aliphatic carbocycles. The molecule has 2 aromatic rings. The van der Waals surface area contributed by atoms with Crippen LogP contribution in [-0.2, 0) is 0 Å². The SMILES string of the molecule is OCC(CO)C(CC(O)c1ccco1)c1ccccc1. The Morgan fingerprint density at radius 3 is 2.20 bits per heavy atom. The maximum Gasteiger partial charge on any atom is 0.132 e. The maximum atomic E-state index is 10.2. The second kappa shape index (κ2) is 7.24. The van der Waals surface area contributed by atoms with Crippen LogP contribution in [0.4, 0.5) is 0 Å². The Bertz CT molecular complexity index is 476. The normalized spacial score (nSPS) is 14.4. The molecular weight excluding hydrogens is 256 g/mol. The molecule has 2 unspecified atom stereocenters. The molecule has 108 valence electrons. The van der Waals surface area contributed by atoms with E-state index in [0.29, 0.717) is 12.2 Å². The summed E-state index contributed by atoms with van der Waals surface area (Å²) in [6, 6.07) is 13.1. The van der Waals surface area contributed by atoms with Gasteiger partial charge in [-0.25, -0.2) is 0 Å². The number of hydrogen-bond acceptors (Lipinski definition) is 4. The monoisotopic (exact) mass is 276 g/mol. The lowest BCUT2D eigenvalue weighted by Crippen LogP contribution is -2.22. The van der Waals surface area contributed by atoms with Gasteiger partial charge in [-0.15, -0.1) is 0 Å². The molecule has 0 bridgehead atoms. The van der Waals surface area contributed by atoms with Gasteiger partial charge in [0.1, 0.15) is 11.9 Å². The van der Waals surface area contributed by atoms with Gasteiger partial charge in [-0.1, -0.05) is 30.3 Å². The summed E-state index contributed by atoms with van der Waals surface area (Å²) in [5.74, 6) is 0.0638. The first-order chi connectivity index (χ1) is 9.76. The van der Waals surface area contributed by atoms with Crippen molar-refractivity contribution in [1.29, 1.82) is 0 Å². The molecule has 2 atom stereocenters. The van der Waals surface area contributed by atoms with Gasteiger partial charge >= 0.3 is 0 Å². The molecule has 0 radical (unpaired) electrons. The molecule has 0 spiro atoms. The van der Waals surface area contributed by atoms with Gasteiger partial charge in [0.15, 0.2) is 0 Å². The summed E-state index contributed by atoms with van der Waals surface area (Å²) < 4.78 is 5.20. The van der Waals surface area contributed by atoms with Gasteiger partial charge < -0.3 is 19.7 Å². The Morgan fingerprint density at radius 2 is 1.65 bits per heavy atom. The third kappa shape index (κ3) is 3.48. The van der Waals surface area contributed by atoms with Crippen molar-refractivity contribution in [2.24, 2.45) is 5.92 Å². The van der Waals surface area contributed by atoms with Crippen molar-refractivity contribution in [2.45, 2.75) is 18.4 Å². The van der Waals surface area contributed by atoms with Gasteiger partial charge in [0.2, 0.25) is 0 Å². The smallest absolute Gasteiger partial charge is 0.132 e. The fraction of sp³-hybridized carbons (Fsp3) is 0.375. The zero-order valence-corrected chi connectivity index (χ0v) is 11.2. The van der Waals surface area contributed by atoms with E-state index in [1.165, 1.54) is 6.26 Å². The highest BCUT2D eigenvalue weighted by Gasteiger charge is 2.26. The van der Waals surface area contributed by atoms with Crippen LogP contribution in [0.1, 0.15) is 29.8 Å². The minimum absolute atomic E-state index is 0.124. The molecule has 0 saturated carbocycles. The Kier molecular flexibility index (Phi) is 5.35. The molecule has 4 heteroatoms. The summed E-state index contributed by atoms with van der Waals surface area (Å²) >= 11 is 0. The first-order valence-corrected chi connectivity index (χ1v) is 6.74. The van der Waals surface area contributed by atoms with E-state index in [1.54, 1.807) is 12.1 Å². The highest BCUT2D eigenvalue weighted by Crippen LogP contribution is 2.34. The Labute approximate surface area is 118 Å². The quantitative estimate of drug-likeness (QED) is 0.724. The molecule has 1 heterocycles. The van der Waals surface area contributed by atoms with Gasteiger partial charge in [0.25, 0.3) is 0 Å². The number of benzene rings is 1. The van der Waals surface area contributed by atoms with Crippen molar-refractivity contribution in [3.8, 4) is 0 Å². The van der Waals surface area contributed by atoms with Crippen molar-refractivity contribution in [2.75, 3.05) is 13.2 Å². The van der Waals surface area contributed by atoms with Crippen LogP contribution in [0.5, 0.6) is 0 Å². The molecule has 0 aliphatic heterocycles. The number of hydrogen-bond donors (Lipinski definition) is 3. The number of aliphatic hydroxyl groups excluding tert-OH is 3. The van der Waals surface area contributed by atoms with Gasteiger partial charge in [0, 0.05) is 19.1 Å². The molecule has 0 amide bonds. The number of rotatable bonds is 7. The Hall–Kier alpha value is -1.62. The van der Waals surface area contributed by atoms with Crippen LogP contribution in [0.2, 0.25) is 0 Å². The molecule has 0 aliphatic rings. The molecule has 0 saturated heterocycles. The lowest BCUT2D eigenvalue weighted by Gasteiger charge is -2.26. The summed E-state index contributed by atoms with van der Waals surface area (Å²) in [6.45, 7) is -0.248. The van der Waals surface area contributed by atoms with E-state index in [2.05, 4.69) is 0 Å².